The van der Waals surface area contributed by atoms with Crippen LogP contribution in [0, 0.1) is 5.92 Å². The van der Waals surface area contributed by atoms with Crippen molar-refractivity contribution in [3.8, 4) is 0 Å². The highest BCUT2D eigenvalue weighted by Crippen LogP contribution is 2.19. The third kappa shape index (κ3) is 2.50. The Morgan fingerprint density at radius 2 is 2.41 bits per heavy atom. The Balaban J connectivity index is 2.05. The molecule has 1 aromatic rings. The highest BCUT2D eigenvalue weighted by molar-refractivity contribution is 5.91. The average Bonchev–Trinajstić information content (AvgIpc) is 2.80. The minimum atomic E-state index is -0.448. The van der Waals surface area contributed by atoms with E-state index in [2.05, 4.69) is 0 Å². The van der Waals surface area contributed by atoms with Crippen LogP contribution in [0.25, 0.3) is 0 Å². The molecule has 2 heterocycles. The maximum atomic E-state index is 12.1. The van der Waals surface area contributed by atoms with E-state index in [9.17, 15) is 9.90 Å². The number of aliphatic hydroxyl groups excluding tert-OH is 1. The predicted molar refractivity (Wildman–Crippen MR) is 62.3 cm³/mol. The highest BCUT2D eigenvalue weighted by atomic mass is 16.4. The van der Waals surface area contributed by atoms with Gasteiger partial charge in [-0.15, -0.1) is 0 Å². The van der Waals surface area contributed by atoms with Gasteiger partial charge in [0, 0.05) is 13.1 Å². The number of nitrogens with two attached hydrogens (primary N) is 1. The highest BCUT2D eigenvalue weighted by Gasteiger charge is 2.29. The molecule has 0 radical (unpaired) electrons. The molecule has 2 unspecified atom stereocenters. The van der Waals surface area contributed by atoms with Crippen LogP contribution in [0.1, 0.15) is 29.7 Å². The molecular formula is C12H18N2O3. The molecule has 17 heavy (non-hydrogen) atoms. The quantitative estimate of drug-likeness (QED) is 0.790. The van der Waals surface area contributed by atoms with Gasteiger partial charge in [0.05, 0.1) is 12.6 Å². The number of amides is 1. The Morgan fingerprint density at radius 3 is 3.00 bits per heavy atom. The van der Waals surface area contributed by atoms with Crippen LogP contribution in [0.2, 0.25) is 0 Å². The van der Waals surface area contributed by atoms with Gasteiger partial charge in [0.2, 0.25) is 0 Å². The summed E-state index contributed by atoms with van der Waals surface area (Å²) in [5.74, 6) is 0.970. The third-order valence-electron chi connectivity index (χ3n) is 3.28. The lowest BCUT2D eigenvalue weighted by atomic mass is 9.96. The summed E-state index contributed by atoms with van der Waals surface area (Å²) in [6, 6.07) is 3.34. The largest absolute Gasteiger partial charge is 0.455 e. The van der Waals surface area contributed by atoms with E-state index in [1.165, 1.54) is 0 Å². The Hall–Kier alpha value is -1.33. The molecule has 94 valence electrons. The van der Waals surface area contributed by atoms with Crippen LogP contribution in [0.4, 0.5) is 0 Å². The van der Waals surface area contributed by atoms with Crippen molar-refractivity contribution in [1.82, 2.24) is 4.90 Å². The second kappa shape index (κ2) is 4.89. The van der Waals surface area contributed by atoms with E-state index in [-0.39, 0.29) is 18.4 Å². The summed E-state index contributed by atoms with van der Waals surface area (Å²) in [5, 5.41) is 9.75. The molecule has 1 saturated heterocycles. The molecule has 1 aliphatic rings. The lowest BCUT2D eigenvalue weighted by Crippen LogP contribution is -2.45. The van der Waals surface area contributed by atoms with Crippen LogP contribution in [-0.4, -0.2) is 35.1 Å². The van der Waals surface area contributed by atoms with Gasteiger partial charge in [-0.1, -0.05) is 6.92 Å². The number of carbonyl (C=O) groups excluding carboxylic acids is 1. The van der Waals surface area contributed by atoms with Gasteiger partial charge in [-0.25, -0.2) is 0 Å². The maximum absolute atomic E-state index is 12.1. The SMILES string of the molecule is CC1CCN(C(=O)c2ccc(CN)o2)CC1O. The molecule has 0 bridgehead atoms. The van der Waals surface area contributed by atoms with Gasteiger partial charge < -0.3 is 20.2 Å². The fourth-order valence-electron chi connectivity index (χ4n) is 1.99. The molecule has 5 nitrogen and oxygen atoms in total. The Morgan fingerprint density at radius 1 is 1.65 bits per heavy atom. The lowest BCUT2D eigenvalue weighted by molar-refractivity contribution is 0.0230. The summed E-state index contributed by atoms with van der Waals surface area (Å²) >= 11 is 0. The first kappa shape index (κ1) is 12.1. The number of hydrogen-bond donors (Lipinski definition) is 2. The van der Waals surface area contributed by atoms with Gasteiger partial charge >= 0.3 is 0 Å². The molecule has 1 fully saturated rings. The van der Waals surface area contributed by atoms with Crippen molar-refractivity contribution in [2.45, 2.75) is 26.0 Å². The minimum absolute atomic E-state index is 0.171. The Bertz CT molecular complexity index is 402. The van der Waals surface area contributed by atoms with E-state index < -0.39 is 6.10 Å². The first-order chi connectivity index (χ1) is 8.11. The zero-order valence-electron chi connectivity index (χ0n) is 9.93. The Labute approximate surface area is 100 Å². The van der Waals surface area contributed by atoms with Crippen molar-refractivity contribution in [3.63, 3.8) is 0 Å². The second-order valence-corrected chi connectivity index (χ2v) is 4.55. The summed E-state index contributed by atoms with van der Waals surface area (Å²) in [7, 11) is 0. The minimum Gasteiger partial charge on any atom is -0.455 e. The number of furan rings is 1. The van der Waals surface area contributed by atoms with Crippen molar-refractivity contribution in [1.29, 1.82) is 0 Å². The van der Waals surface area contributed by atoms with Crippen LogP contribution in [-0.2, 0) is 6.54 Å². The van der Waals surface area contributed by atoms with E-state index in [0.717, 1.165) is 6.42 Å². The molecule has 0 saturated carbocycles. The smallest absolute Gasteiger partial charge is 0.289 e. The molecule has 3 N–H and O–H groups in total. The zero-order valence-corrected chi connectivity index (χ0v) is 9.93. The van der Waals surface area contributed by atoms with Gasteiger partial charge in [-0.3, -0.25) is 4.79 Å². The number of rotatable bonds is 2. The van der Waals surface area contributed by atoms with Gasteiger partial charge in [0.25, 0.3) is 5.91 Å². The number of hydrogen-bond acceptors (Lipinski definition) is 4. The van der Waals surface area contributed by atoms with Crippen LogP contribution >= 0.6 is 0 Å². The molecule has 1 amide bonds. The molecule has 0 aliphatic carbocycles. The zero-order chi connectivity index (χ0) is 12.4. The first-order valence-electron chi connectivity index (χ1n) is 5.88. The monoisotopic (exact) mass is 238 g/mol. The Kier molecular flexibility index (Phi) is 3.49. The number of nitrogens with zero attached hydrogens (tertiary/aromatic N) is 1. The summed E-state index contributed by atoms with van der Waals surface area (Å²) in [5.41, 5.74) is 5.42. The standard InChI is InChI=1S/C12H18N2O3/c1-8-4-5-14(7-10(8)15)12(16)11-3-2-9(6-13)17-11/h2-3,8,10,15H,4-7,13H2,1H3. The fourth-order valence-corrected chi connectivity index (χ4v) is 1.99. The summed E-state index contributed by atoms with van der Waals surface area (Å²) in [6.45, 7) is 3.31. The molecular weight excluding hydrogens is 220 g/mol. The molecule has 0 aromatic carbocycles. The van der Waals surface area contributed by atoms with Crippen molar-refractivity contribution in [3.05, 3.63) is 23.7 Å². The number of aliphatic hydroxyl groups is 1. The maximum Gasteiger partial charge on any atom is 0.289 e. The van der Waals surface area contributed by atoms with E-state index in [1.807, 2.05) is 6.92 Å². The van der Waals surface area contributed by atoms with Gasteiger partial charge in [-0.2, -0.15) is 0 Å². The van der Waals surface area contributed by atoms with E-state index in [0.29, 0.717) is 24.6 Å². The normalized spacial score (nSPS) is 25.0. The van der Waals surface area contributed by atoms with Crippen molar-refractivity contribution in [2.75, 3.05) is 13.1 Å². The van der Waals surface area contributed by atoms with Gasteiger partial charge in [0.15, 0.2) is 5.76 Å². The number of piperidine rings is 1. The topological polar surface area (TPSA) is 79.7 Å². The number of likely N-dealkylation sites (tertiary alicyclic amines) is 1. The lowest BCUT2D eigenvalue weighted by Gasteiger charge is -2.33. The van der Waals surface area contributed by atoms with Crippen molar-refractivity contribution < 1.29 is 14.3 Å². The first-order valence-corrected chi connectivity index (χ1v) is 5.88. The van der Waals surface area contributed by atoms with Crippen LogP contribution in [0.15, 0.2) is 16.5 Å². The van der Waals surface area contributed by atoms with E-state index >= 15 is 0 Å². The third-order valence-corrected chi connectivity index (χ3v) is 3.28. The molecule has 2 atom stereocenters. The number of β-amino-alcohol motifs (C(OH)–C–C–N with tert-alkyl or cyclic N) is 1. The molecule has 1 aromatic heterocycles. The van der Waals surface area contributed by atoms with Crippen LogP contribution in [0.5, 0.6) is 0 Å². The van der Waals surface area contributed by atoms with E-state index in [1.54, 1.807) is 17.0 Å². The summed E-state index contributed by atoms with van der Waals surface area (Å²) in [4.78, 5) is 13.7. The average molecular weight is 238 g/mol. The molecule has 5 heteroatoms. The van der Waals surface area contributed by atoms with Crippen LogP contribution in [0.3, 0.4) is 0 Å². The van der Waals surface area contributed by atoms with Crippen LogP contribution < -0.4 is 5.73 Å². The molecule has 2 rings (SSSR count). The second-order valence-electron chi connectivity index (χ2n) is 4.55. The van der Waals surface area contributed by atoms with Gasteiger partial charge in [-0.05, 0) is 24.5 Å². The molecule has 0 spiro atoms. The fraction of sp³-hybridized carbons (Fsp3) is 0.583. The summed E-state index contributed by atoms with van der Waals surface area (Å²) < 4.78 is 5.31. The summed E-state index contributed by atoms with van der Waals surface area (Å²) in [6.07, 6.45) is 0.369. The number of carbonyl (C=O) groups is 1. The van der Waals surface area contributed by atoms with Gasteiger partial charge in [0.1, 0.15) is 5.76 Å². The van der Waals surface area contributed by atoms with Crippen molar-refractivity contribution >= 4 is 5.91 Å². The van der Waals surface area contributed by atoms with Crippen molar-refractivity contribution in [2.24, 2.45) is 11.7 Å². The molecule has 1 aliphatic heterocycles. The predicted octanol–water partition coefficient (Wildman–Crippen LogP) is 0.581. The van der Waals surface area contributed by atoms with E-state index in [4.69, 9.17) is 10.2 Å².